The Morgan fingerprint density at radius 3 is 2.55 bits per heavy atom. The van der Waals surface area contributed by atoms with Crippen molar-refractivity contribution >= 4 is 11.5 Å². The van der Waals surface area contributed by atoms with Gasteiger partial charge in [0.1, 0.15) is 17.9 Å². The SMILES string of the molecule is Cc1cc(C)c([N+](=O)[O-])cc1Oc1ncnc(N)c1C. The Bertz CT molecular complexity index is 686. The number of nitrogens with zero attached hydrogens (tertiary/aromatic N) is 3. The molecule has 1 heterocycles. The summed E-state index contributed by atoms with van der Waals surface area (Å²) in [6.07, 6.45) is 1.29. The van der Waals surface area contributed by atoms with Crippen molar-refractivity contribution in [2.75, 3.05) is 5.73 Å². The van der Waals surface area contributed by atoms with Crippen LogP contribution in [0.25, 0.3) is 0 Å². The molecule has 0 radical (unpaired) electrons. The Labute approximate surface area is 115 Å². The van der Waals surface area contributed by atoms with E-state index in [1.807, 2.05) is 6.92 Å². The lowest BCUT2D eigenvalue weighted by molar-refractivity contribution is -0.385. The van der Waals surface area contributed by atoms with Gasteiger partial charge in [-0.15, -0.1) is 0 Å². The molecule has 0 saturated carbocycles. The molecule has 7 heteroatoms. The van der Waals surface area contributed by atoms with Crippen molar-refractivity contribution in [3.05, 3.63) is 45.3 Å². The summed E-state index contributed by atoms with van der Waals surface area (Å²) >= 11 is 0. The molecule has 104 valence electrons. The molecule has 0 fully saturated rings. The quantitative estimate of drug-likeness (QED) is 0.681. The lowest BCUT2D eigenvalue weighted by atomic mass is 10.1. The number of rotatable bonds is 3. The number of nitrogen functional groups attached to an aromatic ring is 1. The van der Waals surface area contributed by atoms with Gasteiger partial charge in [0.25, 0.3) is 5.69 Å². The average molecular weight is 274 g/mol. The van der Waals surface area contributed by atoms with Crippen LogP contribution in [0, 0.1) is 30.9 Å². The highest BCUT2D eigenvalue weighted by Gasteiger charge is 2.16. The summed E-state index contributed by atoms with van der Waals surface area (Å²) in [5.41, 5.74) is 7.64. The molecule has 1 aromatic carbocycles. The summed E-state index contributed by atoms with van der Waals surface area (Å²) in [6, 6.07) is 3.09. The van der Waals surface area contributed by atoms with E-state index in [0.29, 0.717) is 28.6 Å². The maximum Gasteiger partial charge on any atom is 0.276 e. The second-order valence-electron chi connectivity index (χ2n) is 4.45. The van der Waals surface area contributed by atoms with Crippen molar-refractivity contribution in [3.63, 3.8) is 0 Å². The Kier molecular flexibility index (Phi) is 3.51. The van der Waals surface area contributed by atoms with Gasteiger partial charge in [0.05, 0.1) is 16.6 Å². The van der Waals surface area contributed by atoms with Crippen LogP contribution in [0.1, 0.15) is 16.7 Å². The molecule has 0 unspecified atom stereocenters. The second kappa shape index (κ2) is 5.12. The van der Waals surface area contributed by atoms with Crippen LogP contribution < -0.4 is 10.5 Å². The van der Waals surface area contributed by atoms with E-state index in [0.717, 1.165) is 5.56 Å². The monoisotopic (exact) mass is 274 g/mol. The zero-order valence-electron chi connectivity index (χ0n) is 11.4. The van der Waals surface area contributed by atoms with E-state index < -0.39 is 4.92 Å². The highest BCUT2D eigenvalue weighted by atomic mass is 16.6. The van der Waals surface area contributed by atoms with Gasteiger partial charge >= 0.3 is 0 Å². The third-order valence-corrected chi connectivity index (χ3v) is 2.97. The summed E-state index contributed by atoms with van der Waals surface area (Å²) in [4.78, 5) is 18.4. The van der Waals surface area contributed by atoms with Crippen LogP contribution >= 0.6 is 0 Å². The van der Waals surface area contributed by atoms with Crippen molar-refractivity contribution in [2.24, 2.45) is 0 Å². The Morgan fingerprint density at radius 1 is 1.20 bits per heavy atom. The van der Waals surface area contributed by atoms with Crippen molar-refractivity contribution < 1.29 is 9.66 Å². The first-order chi connectivity index (χ1) is 9.40. The van der Waals surface area contributed by atoms with Crippen molar-refractivity contribution in [1.29, 1.82) is 0 Å². The molecule has 0 aliphatic rings. The number of nitrogens with two attached hydrogens (primary N) is 1. The minimum absolute atomic E-state index is 0.00489. The van der Waals surface area contributed by atoms with Crippen LogP contribution in [0.5, 0.6) is 11.6 Å². The highest BCUT2D eigenvalue weighted by molar-refractivity contribution is 5.52. The smallest absolute Gasteiger partial charge is 0.276 e. The lowest BCUT2D eigenvalue weighted by Gasteiger charge is -2.11. The van der Waals surface area contributed by atoms with Crippen molar-refractivity contribution in [3.8, 4) is 11.6 Å². The van der Waals surface area contributed by atoms with Crippen LogP contribution in [0.4, 0.5) is 11.5 Å². The molecular formula is C13H14N4O3. The van der Waals surface area contributed by atoms with Gasteiger partial charge in [-0.25, -0.2) is 9.97 Å². The Balaban J connectivity index is 2.46. The third-order valence-electron chi connectivity index (χ3n) is 2.97. The van der Waals surface area contributed by atoms with Gasteiger partial charge in [0.2, 0.25) is 5.88 Å². The molecule has 2 aromatic rings. The number of hydrogen-bond acceptors (Lipinski definition) is 6. The molecule has 0 spiro atoms. The fourth-order valence-corrected chi connectivity index (χ4v) is 1.78. The molecule has 0 amide bonds. The number of benzene rings is 1. The number of ether oxygens (including phenoxy) is 1. The molecule has 2 rings (SSSR count). The predicted molar refractivity (Wildman–Crippen MR) is 73.8 cm³/mol. The van der Waals surface area contributed by atoms with Gasteiger partial charge in [0, 0.05) is 5.56 Å². The fraction of sp³-hybridized carbons (Fsp3) is 0.231. The van der Waals surface area contributed by atoms with Crippen LogP contribution in [0.3, 0.4) is 0 Å². The summed E-state index contributed by atoms with van der Waals surface area (Å²) in [6.45, 7) is 5.22. The zero-order valence-corrected chi connectivity index (χ0v) is 11.4. The first kappa shape index (κ1) is 13.7. The molecule has 1 aromatic heterocycles. The molecule has 0 aliphatic heterocycles. The van der Waals surface area contributed by atoms with E-state index in [9.17, 15) is 10.1 Å². The normalized spacial score (nSPS) is 10.3. The van der Waals surface area contributed by atoms with E-state index in [4.69, 9.17) is 10.5 Å². The van der Waals surface area contributed by atoms with Crippen LogP contribution in [-0.2, 0) is 0 Å². The maximum absolute atomic E-state index is 11.0. The Morgan fingerprint density at radius 2 is 1.90 bits per heavy atom. The third kappa shape index (κ3) is 2.51. The number of anilines is 1. The van der Waals surface area contributed by atoms with E-state index in [-0.39, 0.29) is 5.69 Å². The molecule has 0 bridgehead atoms. The predicted octanol–water partition coefficient (Wildman–Crippen LogP) is 2.68. The fourth-order valence-electron chi connectivity index (χ4n) is 1.78. The van der Waals surface area contributed by atoms with E-state index in [2.05, 4.69) is 9.97 Å². The van der Waals surface area contributed by atoms with E-state index in [1.165, 1.54) is 12.4 Å². The molecular weight excluding hydrogens is 260 g/mol. The van der Waals surface area contributed by atoms with E-state index in [1.54, 1.807) is 19.9 Å². The van der Waals surface area contributed by atoms with Gasteiger partial charge in [-0.2, -0.15) is 0 Å². The van der Waals surface area contributed by atoms with Crippen LogP contribution in [0.2, 0.25) is 0 Å². The number of nitro groups is 1. The second-order valence-corrected chi connectivity index (χ2v) is 4.45. The summed E-state index contributed by atoms with van der Waals surface area (Å²) < 4.78 is 5.63. The largest absolute Gasteiger partial charge is 0.438 e. The minimum Gasteiger partial charge on any atom is -0.438 e. The lowest BCUT2D eigenvalue weighted by Crippen LogP contribution is -2.00. The van der Waals surface area contributed by atoms with Crippen molar-refractivity contribution in [1.82, 2.24) is 9.97 Å². The van der Waals surface area contributed by atoms with E-state index >= 15 is 0 Å². The van der Waals surface area contributed by atoms with Gasteiger partial charge < -0.3 is 10.5 Å². The molecule has 2 N–H and O–H groups in total. The zero-order chi connectivity index (χ0) is 14.9. The van der Waals surface area contributed by atoms with Gasteiger partial charge in [-0.1, -0.05) is 0 Å². The van der Waals surface area contributed by atoms with Gasteiger partial charge in [0.15, 0.2) is 0 Å². The highest BCUT2D eigenvalue weighted by Crippen LogP contribution is 2.32. The molecule has 0 atom stereocenters. The first-order valence-corrected chi connectivity index (χ1v) is 5.90. The molecule has 0 saturated heterocycles. The standard InChI is InChI=1S/C13H14N4O3/c1-7-4-8(2)11(5-10(7)17(18)19)20-13-9(3)12(14)15-6-16-13/h4-6H,1-3H3,(H2,14,15,16). The first-order valence-electron chi connectivity index (χ1n) is 5.90. The van der Waals surface area contributed by atoms with Gasteiger partial charge in [-0.3, -0.25) is 10.1 Å². The minimum atomic E-state index is -0.442. The van der Waals surface area contributed by atoms with Crippen LogP contribution in [-0.4, -0.2) is 14.9 Å². The maximum atomic E-state index is 11.0. The van der Waals surface area contributed by atoms with Gasteiger partial charge in [-0.05, 0) is 32.4 Å². The topological polar surface area (TPSA) is 104 Å². The summed E-state index contributed by atoms with van der Waals surface area (Å²) in [7, 11) is 0. The number of aryl methyl sites for hydroxylation is 2. The Hall–Kier alpha value is -2.70. The molecule has 20 heavy (non-hydrogen) atoms. The summed E-state index contributed by atoms with van der Waals surface area (Å²) in [5, 5.41) is 11.0. The summed E-state index contributed by atoms with van der Waals surface area (Å²) in [5.74, 6) is 0.983. The van der Waals surface area contributed by atoms with Crippen LogP contribution in [0.15, 0.2) is 18.5 Å². The number of nitro benzene ring substituents is 1. The average Bonchev–Trinajstić information content (AvgIpc) is 2.37. The number of hydrogen-bond donors (Lipinski definition) is 1. The molecule has 0 aliphatic carbocycles. The molecule has 7 nitrogen and oxygen atoms in total. The number of aromatic nitrogens is 2. The van der Waals surface area contributed by atoms with Crippen molar-refractivity contribution in [2.45, 2.75) is 20.8 Å².